The van der Waals surface area contributed by atoms with Gasteiger partial charge < -0.3 is 19.7 Å². The number of esters is 2. The van der Waals surface area contributed by atoms with Crippen LogP contribution < -0.4 is 0 Å². The number of aromatic nitrogens is 3. The number of carbonyl (C=O) groups excluding carboxylic acids is 2. The second kappa shape index (κ2) is 13.2. The van der Waals surface area contributed by atoms with E-state index < -0.39 is 23.5 Å². The zero-order valence-corrected chi connectivity index (χ0v) is 25.0. The molecule has 1 atom stereocenters. The Labute approximate surface area is 249 Å². The van der Waals surface area contributed by atoms with E-state index in [0.717, 1.165) is 15.4 Å². The van der Waals surface area contributed by atoms with Crippen LogP contribution >= 0.6 is 11.8 Å². The highest BCUT2D eigenvalue weighted by Crippen LogP contribution is 2.37. The molecule has 0 radical (unpaired) electrons. The first-order valence-corrected chi connectivity index (χ1v) is 14.4. The topological polar surface area (TPSA) is 124 Å². The zero-order valence-electron chi connectivity index (χ0n) is 24.2. The van der Waals surface area contributed by atoms with Crippen LogP contribution in [-0.2, 0) is 30.9 Å². The third kappa shape index (κ3) is 7.98. The summed E-state index contributed by atoms with van der Waals surface area (Å²) in [6.07, 6.45) is -0.772. The maximum absolute atomic E-state index is 12.4. The molecule has 0 spiro atoms. The Kier molecular flexibility index (Phi) is 9.70. The van der Waals surface area contributed by atoms with Crippen molar-refractivity contribution in [3.05, 3.63) is 83.9 Å². The van der Waals surface area contributed by atoms with Gasteiger partial charge in [0.05, 0.1) is 0 Å². The number of rotatable bonds is 11. The van der Waals surface area contributed by atoms with Gasteiger partial charge in [0.1, 0.15) is 41.8 Å². The predicted octanol–water partition coefficient (Wildman–Crippen LogP) is 5.53. The van der Waals surface area contributed by atoms with Crippen LogP contribution in [0.1, 0.15) is 45.2 Å². The van der Waals surface area contributed by atoms with Crippen molar-refractivity contribution in [1.82, 2.24) is 15.0 Å². The van der Waals surface area contributed by atoms with Gasteiger partial charge in [-0.25, -0.2) is 4.79 Å². The average molecular weight is 590 g/mol. The molecule has 3 aromatic carbocycles. The van der Waals surface area contributed by atoms with E-state index in [1.807, 2.05) is 75.4 Å². The maximum Gasteiger partial charge on any atom is 0.333 e. The number of phenols is 1. The van der Waals surface area contributed by atoms with E-state index in [1.54, 1.807) is 17.8 Å². The summed E-state index contributed by atoms with van der Waals surface area (Å²) >= 11 is 1.63. The fraction of sp³-hybridized carbons (Fsp3) is 0.312. The quantitative estimate of drug-likeness (QED) is 0.172. The third-order valence-electron chi connectivity index (χ3n) is 6.31. The number of aromatic hydroxyl groups is 1. The van der Waals surface area contributed by atoms with E-state index in [4.69, 9.17) is 9.47 Å². The lowest BCUT2D eigenvalue weighted by Gasteiger charge is -2.23. The van der Waals surface area contributed by atoms with Crippen molar-refractivity contribution in [1.29, 1.82) is 0 Å². The van der Waals surface area contributed by atoms with Crippen LogP contribution in [-0.4, -0.2) is 56.5 Å². The summed E-state index contributed by atoms with van der Waals surface area (Å²) in [6.45, 7) is 10.4. The van der Waals surface area contributed by atoms with Crippen LogP contribution in [0.2, 0.25) is 0 Å². The highest BCUT2D eigenvalue weighted by Gasteiger charge is 2.24. The van der Waals surface area contributed by atoms with E-state index in [9.17, 15) is 19.8 Å². The molecule has 220 valence electrons. The van der Waals surface area contributed by atoms with Crippen molar-refractivity contribution < 1.29 is 29.3 Å². The predicted molar refractivity (Wildman–Crippen MR) is 161 cm³/mol. The van der Waals surface area contributed by atoms with Gasteiger partial charge in [-0.2, -0.15) is 0 Å². The Morgan fingerprint density at radius 1 is 0.976 bits per heavy atom. The number of carbonyl (C=O) groups is 2. The molecule has 0 aliphatic rings. The molecule has 0 fully saturated rings. The van der Waals surface area contributed by atoms with E-state index in [0.29, 0.717) is 28.7 Å². The highest BCUT2D eigenvalue weighted by molar-refractivity contribution is 7.99. The van der Waals surface area contributed by atoms with Gasteiger partial charge in [-0.3, -0.25) is 4.79 Å². The molecule has 4 rings (SSSR count). The first-order valence-electron chi connectivity index (χ1n) is 13.5. The smallest absolute Gasteiger partial charge is 0.333 e. The number of aryl methyl sites for hydroxylation is 1. The first-order chi connectivity index (χ1) is 19.9. The van der Waals surface area contributed by atoms with Crippen LogP contribution in [0.5, 0.6) is 5.75 Å². The number of hydrogen-bond donors (Lipinski definition) is 2. The Morgan fingerprint density at radius 3 is 2.36 bits per heavy atom. The normalized spacial score (nSPS) is 12.2. The van der Waals surface area contributed by atoms with Crippen LogP contribution in [0, 0.1) is 0 Å². The number of benzene rings is 3. The molecule has 2 N–H and O–H groups in total. The lowest BCUT2D eigenvalue weighted by Crippen LogP contribution is -2.25. The number of nitrogens with zero attached hydrogens (tertiary/aromatic N) is 3. The second-order valence-electron chi connectivity index (χ2n) is 11.0. The Bertz CT molecular complexity index is 1590. The molecule has 0 amide bonds. The lowest BCUT2D eigenvalue weighted by atomic mass is 9.84. The molecule has 9 nitrogen and oxygen atoms in total. The van der Waals surface area contributed by atoms with Gasteiger partial charge in [-0.15, -0.1) is 15.0 Å². The lowest BCUT2D eigenvalue weighted by molar-refractivity contribution is -0.150. The fourth-order valence-electron chi connectivity index (χ4n) is 4.09. The van der Waals surface area contributed by atoms with Crippen LogP contribution in [0.25, 0.3) is 16.7 Å². The monoisotopic (exact) mass is 589 g/mol. The molecule has 1 heterocycles. The Balaban J connectivity index is 1.50. The molecule has 42 heavy (non-hydrogen) atoms. The minimum Gasteiger partial charge on any atom is -0.505 e. The summed E-state index contributed by atoms with van der Waals surface area (Å²) in [7, 11) is 0. The molecule has 0 saturated carbocycles. The molecule has 1 aromatic heterocycles. The molecule has 0 aliphatic heterocycles. The summed E-state index contributed by atoms with van der Waals surface area (Å²) in [5.41, 5.74) is 3.09. The van der Waals surface area contributed by atoms with E-state index >= 15 is 0 Å². The van der Waals surface area contributed by atoms with E-state index in [2.05, 4.69) is 16.8 Å². The summed E-state index contributed by atoms with van der Waals surface area (Å²) in [4.78, 5) is 27.4. The highest BCUT2D eigenvalue weighted by atomic mass is 32.2. The summed E-state index contributed by atoms with van der Waals surface area (Å²) < 4.78 is 10.0. The number of phenolic OH excluding ortho intramolecular Hbond substituents is 1. The van der Waals surface area contributed by atoms with Gasteiger partial charge in [-0.05, 0) is 60.7 Å². The van der Waals surface area contributed by atoms with Gasteiger partial charge in [0, 0.05) is 27.3 Å². The fourth-order valence-corrected chi connectivity index (χ4v) is 4.96. The molecule has 0 unspecified atom stereocenters. The number of aliphatic hydroxyl groups excluding tert-OH is 1. The Morgan fingerprint density at radius 2 is 1.67 bits per heavy atom. The van der Waals surface area contributed by atoms with Gasteiger partial charge in [0.15, 0.2) is 0 Å². The number of ether oxygens (including phenoxy) is 2. The number of fused-ring (bicyclic) bond motifs is 1. The molecule has 4 aromatic rings. The van der Waals surface area contributed by atoms with Crippen molar-refractivity contribution >= 4 is 34.7 Å². The minimum absolute atomic E-state index is 0.0423. The molecule has 0 aliphatic carbocycles. The first kappa shape index (κ1) is 30.8. The van der Waals surface area contributed by atoms with Crippen molar-refractivity contribution in [3.63, 3.8) is 0 Å². The van der Waals surface area contributed by atoms with Gasteiger partial charge in [0.2, 0.25) is 0 Å². The molecule has 0 saturated heterocycles. The average Bonchev–Trinajstić information content (AvgIpc) is 3.37. The van der Waals surface area contributed by atoms with E-state index in [1.165, 1.54) is 11.7 Å². The van der Waals surface area contributed by atoms with Crippen molar-refractivity contribution in [3.8, 4) is 11.4 Å². The van der Waals surface area contributed by atoms with E-state index in [-0.39, 0.29) is 31.0 Å². The van der Waals surface area contributed by atoms with Crippen LogP contribution in [0.3, 0.4) is 0 Å². The number of hydrogen-bond acceptors (Lipinski definition) is 9. The van der Waals surface area contributed by atoms with Crippen molar-refractivity contribution in [2.24, 2.45) is 0 Å². The standard InChI is InChI=1S/C32H35N3O6S/c1-20(2)31(39)41-19-22(36)18-40-29(37)14-11-21-15-25(32(3,4)5)30(38)28(16-21)35-33-26-13-12-24(17-27(26)34-35)42-23-9-7-6-8-10-23/h6-10,12-13,15-17,22,36,38H,1,11,14,18-19H2,2-5H3/t22-/m0/s1. The molecule has 0 bridgehead atoms. The van der Waals surface area contributed by atoms with Crippen LogP contribution in [0.15, 0.2) is 82.6 Å². The van der Waals surface area contributed by atoms with Crippen molar-refractivity contribution in [2.75, 3.05) is 13.2 Å². The Hall–Kier alpha value is -4.15. The molecule has 10 heteroatoms. The zero-order chi connectivity index (χ0) is 30.4. The van der Waals surface area contributed by atoms with Crippen molar-refractivity contribution in [2.45, 2.75) is 61.8 Å². The summed E-state index contributed by atoms with van der Waals surface area (Å²) in [5, 5.41) is 30.5. The summed E-state index contributed by atoms with van der Waals surface area (Å²) in [5.74, 6) is -1.07. The minimum atomic E-state index is -1.14. The van der Waals surface area contributed by atoms with Gasteiger partial charge in [-0.1, -0.05) is 63.4 Å². The maximum atomic E-state index is 12.4. The summed E-state index contributed by atoms with van der Waals surface area (Å²) in [6, 6.07) is 19.5. The molecular weight excluding hydrogens is 554 g/mol. The third-order valence-corrected chi connectivity index (χ3v) is 7.31. The number of aliphatic hydroxyl groups is 1. The van der Waals surface area contributed by atoms with Gasteiger partial charge >= 0.3 is 11.9 Å². The SMILES string of the molecule is C=C(C)C(=O)OC[C@@H](O)COC(=O)CCc1cc(-n2nc3ccc(Sc4ccccc4)cc3n2)c(O)c(C(C)(C)C)c1. The molecular formula is C32H35N3O6S. The second-order valence-corrected chi connectivity index (χ2v) is 12.2. The van der Waals surface area contributed by atoms with Gasteiger partial charge in [0.25, 0.3) is 0 Å². The van der Waals surface area contributed by atoms with Crippen LogP contribution in [0.4, 0.5) is 0 Å². The largest absolute Gasteiger partial charge is 0.505 e.